The zero-order valence-corrected chi connectivity index (χ0v) is 18.1. The van der Waals surface area contributed by atoms with Gasteiger partial charge in [0.1, 0.15) is 5.75 Å². The number of benzene rings is 3. The molecule has 0 saturated carbocycles. The van der Waals surface area contributed by atoms with Crippen molar-refractivity contribution in [2.75, 3.05) is 13.7 Å². The number of nitrogens with zero attached hydrogens (tertiary/aromatic N) is 1. The molecule has 0 bridgehead atoms. The SMILES string of the molecule is COc1ccc2cc([C@H](C)C(=O)O[C@H](C)C(=O)N3CCc4ccccc4C3)ccc2c1. The van der Waals surface area contributed by atoms with Crippen LogP contribution in [0.2, 0.25) is 0 Å². The summed E-state index contributed by atoms with van der Waals surface area (Å²) in [5.74, 6) is -0.226. The van der Waals surface area contributed by atoms with Crippen LogP contribution < -0.4 is 4.74 Å². The van der Waals surface area contributed by atoms with Gasteiger partial charge < -0.3 is 14.4 Å². The van der Waals surface area contributed by atoms with Gasteiger partial charge in [-0.05, 0) is 59.9 Å². The smallest absolute Gasteiger partial charge is 0.313 e. The Hall–Kier alpha value is -3.34. The van der Waals surface area contributed by atoms with Crippen molar-refractivity contribution in [3.8, 4) is 5.75 Å². The molecule has 4 rings (SSSR count). The fourth-order valence-corrected chi connectivity index (χ4v) is 4.04. The number of amides is 1. The molecule has 0 radical (unpaired) electrons. The van der Waals surface area contributed by atoms with Crippen LogP contribution in [-0.4, -0.2) is 36.5 Å². The van der Waals surface area contributed by atoms with E-state index in [0.717, 1.165) is 34.1 Å². The molecule has 1 amide bonds. The second kappa shape index (κ2) is 8.80. The number of fused-ring (bicyclic) bond motifs is 2. The summed E-state index contributed by atoms with van der Waals surface area (Å²) in [6.07, 6.45) is 0.00542. The third kappa shape index (κ3) is 4.41. The van der Waals surface area contributed by atoms with E-state index in [1.807, 2.05) is 54.6 Å². The molecule has 3 aromatic rings. The van der Waals surface area contributed by atoms with E-state index < -0.39 is 18.0 Å². The van der Waals surface area contributed by atoms with Gasteiger partial charge >= 0.3 is 5.97 Å². The molecule has 2 atom stereocenters. The molecular formula is C26H27NO4. The Balaban J connectivity index is 1.41. The minimum Gasteiger partial charge on any atom is -0.497 e. The average Bonchev–Trinajstić information content (AvgIpc) is 2.81. The molecule has 0 spiro atoms. The van der Waals surface area contributed by atoms with E-state index in [0.29, 0.717) is 13.1 Å². The van der Waals surface area contributed by atoms with Crippen LogP contribution in [0.15, 0.2) is 60.7 Å². The lowest BCUT2D eigenvalue weighted by molar-refractivity contribution is -0.160. The minimum atomic E-state index is -0.815. The Morgan fingerprint density at radius 3 is 2.42 bits per heavy atom. The van der Waals surface area contributed by atoms with Gasteiger partial charge in [0.15, 0.2) is 6.10 Å². The fourth-order valence-electron chi connectivity index (χ4n) is 4.04. The number of carbonyl (C=O) groups is 2. The van der Waals surface area contributed by atoms with Crippen LogP contribution >= 0.6 is 0 Å². The zero-order valence-electron chi connectivity index (χ0n) is 18.1. The van der Waals surface area contributed by atoms with Gasteiger partial charge in [-0.25, -0.2) is 0 Å². The van der Waals surface area contributed by atoms with Gasteiger partial charge in [-0.3, -0.25) is 9.59 Å². The van der Waals surface area contributed by atoms with Gasteiger partial charge in [0, 0.05) is 13.1 Å². The molecule has 1 aliphatic rings. The molecule has 3 aromatic carbocycles. The number of rotatable bonds is 5. The van der Waals surface area contributed by atoms with E-state index >= 15 is 0 Å². The standard InChI is InChI=1S/C26H27NO4/c1-17(20-8-9-22-15-24(30-3)11-10-21(22)14-20)26(29)31-18(2)25(28)27-13-12-19-6-4-5-7-23(19)16-27/h4-11,14-15,17-18H,12-13,16H2,1-3H3/t17-,18+/m0/s1. The number of esters is 1. The molecule has 0 saturated heterocycles. The maximum atomic E-state index is 12.9. The molecule has 0 fully saturated rings. The first-order valence-electron chi connectivity index (χ1n) is 10.6. The van der Waals surface area contributed by atoms with Gasteiger partial charge in [-0.1, -0.05) is 48.5 Å². The number of methoxy groups -OCH3 is 1. The lowest BCUT2D eigenvalue weighted by Gasteiger charge is -2.31. The summed E-state index contributed by atoms with van der Waals surface area (Å²) in [5, 5.41) is 2.06. The maximum absolute atomic E-state index is 12.9. The maximum Gasteiger partial charge on any atom is 0.313 e. The highest BCUT2D eigenvalue weighted by atomic mass is 16.5. The Bertz CT molecular complexity index is 1120. The van der Waals surface area contributed by atoms with Crippen LogP contribution in [0.3, 0.4) is 0 Å². The summed E-state index contributed by atoms with van der Waals surface area (Å²) >= 11 is 0. The Morgan fingerprint density at radius 2 is 1.65 bits per heavy atom. The highest BCUT2D eigenvalue weighted by Crippen LogP contribution is 2.26. The summed E-state index contributed by atoms with van der Waals surface area (Å²) in [6.45, 7) is 4.66. The zero-order chi connectivity index (χ0) is 22.0. The van der Waals surface area contributed by atoms with E-state index in [1.165, 1.54) is 5.56 Å². The van der Waals surface area contributed by atoms with Crippen LogP contribution in [0.25, 0.3) is 10.8 Å². The second-order valence-electron chi connectivity index (χ2n) is 8.05. The Labute approximate surface area is 182 Å². The molecule has 5 nitrogen and oxygen atoms in total. The van der Waals surface area contributed by atoms with Crippen LogP contribution in [0, 0.1) is 0 Å². The van der Waals surface area contributed by atoms with Gasteiger partial charge in [0.2, 0.25) is 0 Å². The molecule has 0 unspecified atom stereocenters. The molecule has 31 heavy (non-hydrogen) atoms. The van der Waals surface area contributed by atoms with Crippen LogP contribution in [-0.2, 0) is 27.3 Å². The van der Waals surface area contributed by atoms with Crippen LogP contribution in [0.5, 0.6) is 5.75 Å². The molecule has 0 N–H and O–H groups in total. The van der Waals surface area contributed by atoms with Crippen molar-refractivity contribution in [3.63, 3.8) is 0 Å². The molecular weight excluding hydrogens is 390 g/mol. The van der Waals surface area contributed by atoms with Crippen LogP contribution in [0.1, 0.15) is 36.5 Å². The predicted molar refractivity (Wildman–Crippen MR) is 120 cm³/mol. The van der Waals surface area contributed by atoms with E-state index in [4.69, 9.17) is 9.47 Å². The minimum absolute atomic E-state index is 0.152. The molecule has 1 aliphatic heterocycles. The van der Waals surface area contributed by atoms with Crippen LogP contribution in [0.4, 0.5) is 0 Å². The van der Waals surface area contributed by atoms with Gasteiger partial charge in [0.05, 0.1) is 13.0 Å². The summed E-state index contributed by atoms with van der Waals surface area (Å²) in [7, 11) is 1.64. The lowest BCUT2D eigenvalue weighted by Crippen LogP contribution is -2.43. The lowest BCUT2D eigenvalue weighted by atomic mass is 9.97. The van der Waals surface area contributed by atoms with E-state index in [2.05, 4.69) is 6.07 Å². The van der Waals surface area contributed by atoms with Crippen molar-refractivity contribution in [2.24, 2.45) is 0 Å². The first-order chi connectivity index (χ1) is 15.0. The molecule has 5 heteroatoms. The number of ether oxygens (including phenoxy) is 2. The van der Waals surface area contributed by atoms with Crippen molar-refractivity contribution < 1.29 is 19.1 Å². The summed E-state index contributed by atoms with van der Waals surface area (Å²) < 4.78 is 10.8. The third-order valence-corrected chi connectivity index (χ3v) is 6.01. The van der Waals surface area contributed by atoms with Crippen molar-refractivity contribution in [2.45, 2.75) is 38.8 Å². The van der Waals surface area contributed by atoms with Crippen molar-refractivity contribution in [3.05, 3.63) is 77.4 Å². The van der Waals surface area contributed by atoms with E-state index in [1.54, 1.807) is 25.9 Å². The Kier molecular flexibility index (Phi) is 5.94. The predicted octanol–water partition coefficient (Wildman–Crippen LogP) is 4.47. The summed E-state index contributed by atoms with van der Waals surface area (Å²) in [5.41, 5.74) is 3.29. The molecule has 0 aliphatic carbocycles. The number of hydrogen-bond donors (Lipinski definition) is 0. The fraction of sp³-hybridized carbons (Fsp3) is 0.308. The first-order valence-corrected chi connectivity index (χ1v) is 10.6. The topological polar surface area (TPSA) is 55.8 Å². The normalized spacial score (nSPS) is 15.1. The molecule has 1 heterocycles. The van der Waals surface area contributed by atoms with Gasteiger partial charge in [0.25, 0.3) is 5.91 Å². The van der Waals surface area contributed by atoms with E-state index in [9.17, 15) is 9.59 Å². The van der Waals surface area contributed by atoms with Crippen molar-refractivity contribution in [1.82, 2.24) is 4.90 Å². The summed E-state index contributed by atoms with van der Waals surface area (Å²) in [4.78, 5) is 27.4. The monoisotopic (exact) mass is 417 g/mol. The average molecular weight is 418 g/mol. The van der Waals surface area contributed by atoms with Gasteiger partial charge in [-0.15, -0.1) is 0 Å². The molecule has 0 aromatic heterocycles. The van der Waals surface area contributed by atoms with Gasteiger partial charge in [-0.2, -0.15) is 0 Å². The first kappa shape index (κ1) is 20.9. The largest absolute Gasteiger partial charge is 0.497 e. The van der Waals surface area contributed by atoms with E-state index in [-0.39, 0.29) is 5.91 Å². The van der Waals surface area contributed by atoms with Crippen molar-refractivity contribution in [1.29, 1.82) is 0 Å². The number of hydrogen-bond acceptors (Lipinski definition) is 4. The molecule has 160 valence electrons. The number of carbonyl (C=O) groups excluding carboxylic acids is 2. The third-order valence-electron chi connectivity index (χ3n) is 6.01. The Morgan fingerprint density at radius 1 is 0.935 bits per heavy atom. The highest BCUT2D eigenvalue weighted by molar-refractivity contribution is 5.88. The second-order valence-corrected chi connectivity index (χ2v) is 8.05. The van der Waals surface area contributed by atoms with Crippen molar-refractivity contribution >= 4 is 22.6 Å². The summed E-state index contributed by atoms with van der Waals surface area (Å²) in [6, 6.07) is 19.8. The highest BCUT2D eigenvalue weighted by Gasteiger charge is 2.28. The quantitative estimate of drug-likeness (QED) is 0.575.